The molecule has 1 N–H and O–H groups in total. The molecule has 0 bridgehead atoms. The van der Waals surface area contributed by atoms with Gasteiger partial charge < -0.3 is 5.11 Å². The average molecular weight is 383 g/mol. The van der Waals surface area contributed by atoms with Crippen LogP contribution in [-0.4, -0.2) is 44.2 Å². The molecule has 0 spiro atoms. The maximum atomic E-state index is 11.0. The van der Waals surface area contributed by atoms with Crippen LogP contribution in [0.25, 0.3) is 0 Å². The number of benzene rings is 1. The number of aryl methyl sites for hydroxylation is 1. The maximum Gasteiger partial charge on any atom is 0.0923 e. The van der Waals surface area contributed by atoms with Crippen molar-refractivity contribution in [2.24, 2.45) is 0 Å². The average Bonchev–Trinajstić information content (AvgIpc) is 3.44. The molecule has 152 valence electrons. The molecule has 1 saturated carbocycles. The molecule has 1 aliphatic carbocycles. The van der Waals surface area contributed by atoms with E-state index in [1.54, 1.807) is 0 Å². The maximum absolute atomic E-state index is 11.0. The second-order valence-electron chi connectivity index (χ2n) is 8.75. The summed E-state index contributed by atoms with van der Waals surface area (Å²) in [6.07, 6.45) is 9.92. The Morgan fingerprint density at radius 1 is 1.11 bits per heavy atom. The quantitative estimate of drug-likeness (QED) is 0.688. The lowest BCUT2D eigenvalue weighted by atomic mass is 9.90. The van der Waals surface area contributed by atoms with Crippen molar-refractivity contribution < 1.29 is 5.11 Å². The molecule has 1 aromatic heterocycles. The number of hydrogen-bond donors (Lipinski definition) is 1. The van der Waals surface area contributed by atoms with E-state index in [0.29, 0.717) is 5.92 Å². The summed E-state index contributed by atoms with van der Waals surface area (Å²) in [6, 6.07) is 9.09. The molecule has 2 heterocycles. The van der Waals surface area contributed by atoms with Gasteiger partial charge in [0.05, 0.1) is 17.8 Å². The van der Waals surface area contributed by atoms with Crippen molar-refractivity contribution in [2.75, 3.05) is 13.1 Å². The zero-order chi connectivity index (χ0) is 19.5. The number of unbranched alkanes of at least 4 members (excludes halogenated alkanes) is 3. The minimum Gasteiger partial charge on any atom is -0.391 e. The van der Waals surface area contributed by atoms with Gasteiger partial charge in [-0.25, -0.2) is 4.68 Å². The van der Waals surface area contributed by atoms with Gasteiger partial charge in [0.1, 0.15) is 0 Å². The first kappa shape index (κ1) is 19.6. The minimum atomic E-state index is -0.396. The van der Waals surface area contributed by atoms with E-state index < -0.39 is 6.10 Å². The van der Waals surface area contributed by atoms with Crippen LogP contribution in [0.2, 0.25) is 0 Å². The summed E-state index contributed by atoms with van der Waals surface area (Å²) in [5.41, 5.74) is 3.70. The van der Waals surface area contributed by atoms with E-state index in [9.17, 15) is 5.11 Å². The lowest BCUT2D eigenvalue weighted by Gasteiger charge is -2.42. The third kappa shape index (κ3) is 4.47. The fourth-order valence-corrected chi connectivity index (χ4v) is 4.43. The standard InChI is InChI=1S/C23H34N4O/c1-3-4-5-6-13-26-16-22(27-15-20(24-25-27)18-11-12-18)23(28)14-21(26)19-9-7-17(2)8-10-19/h7-10,15,18,21-23,28H,3-6,11-14,16H2,1-2H3/t21-,22-,23-/m0/s1. The normalized spacial score (nSPS) is 25.9. The molecule has 0 unspecified atom stereocenters. The van der Waals surface area contributed by atoms with Crippen molar-refractivity contribution >= 4 is 0 Å². The summed E-state index contributed by atoms with van der Waals surface area (Å²) in [7, 11) is 0. The molecule has 0 amide bonds. The Balaban J connectivity index is 1.51. The third-order valence-corrected chi connectivity index (χ3v) is 6.40. The van der Waals surface area contributed by atoms with Gasteiger partial charge in [0.15, 0.2) is 0 Å². The summed E-state index contributed by atoms with van der Waals surface area (Å²) in [6.45, 7) is 6.29. The fourth-order valence-electron chi connectivity index (χ4n) is 4.43. The first-order chi connectivity index (χ1) is 13.7. The van der Waals surface area contributed by atoms with E-state index in [0.717, 1.165) is 25.2 Å². The molecule has 4 rings (SSSR count). The second kappa shape index (κ2) is 8.75. The van der Waals surface area contributed by atoms with Gasteiger partial charge in [0.2, 0.25) is 0 Å². The molecule has 0 radical (unpaired) electrons. The number of nitrogens with zero attached hydrogens (tertiary/aromatic N) is 4. The molecular formula is C23H34N4O. The van der Waals surface area contributed by atoms with Gasteiger partial charge in [0, 0.05) is 24.7 Å². The highest BCUT2D eigenvalue weighted by molar-refractivity contribution is 5.25. The van der Waals surface area contributed by atoms with E-state index in [4.69, 9.17) is 0 Å². The fraction of sp³-hybridized carbons (Fsp3) is 0.652. The number of aromatic nitrogens is 3. The topological polar surface area (TPSA) is 54.2 Å². The lowest BCUT2D eigenvalue weighted by Crippen LogP contribution is -2.46. The Hall–Kier alpha value is -1.72. The largest absolute Gasteiger partial charge is 0.391 e. The van der Waals surface area contributed by atoms with Crippen LogP contribution in [0.1, 0.15) is 86.7 Å². The number of rotatable bonds is 8. The monoisotopic (exact) mass is 382 g/mol. The van der Waals surface area contributed by atoms with Crippen LogP contribution in [0.5, 0.6) is 0 Å². The highest BCUT2D eigenvalue weighted by atomic mass is 16.3. The molecule has 1 aliphatic heterocycles. The summed E-state index contributed by atoms with van der Waals surface area (Å²) < 4.78 is 1.93. The Morgan fingerprint density at radius 2 is 1.89 bits per heavy atom. The minimum absolute atomic E-state index is 0.00660. The van der Waals surface area contributed by atoms with Gasteiger partial charge in [-0.3, -0.25) is 4.90 Å². The number of aliphatic hydroxyl groups is 1. The Kier molecular flexibility index (Phi) is 6.12. The Morgan fingerprint density at radius 3 is 2.61 bits per heavy atom. The van der Waals surface area contributed by atoms with Crippen LogP contribution in [-0.2, 0) is 0 Å². The Labute approximate surface area is 168 Å². The second-order valence-corrected chi connectivity index (χ2v) is 8.75. The van der Waals surface area contributed by atoms with Crippen molar-refractivity contribution in [2.45, 2.75) is 82.9 Å². The molecule has 2 aliphatic rings. The van der Waals surface area contributed by atoms with E-state index in [1.165, 1.54) is 49.7 Å². The Bertz CT molecular complexity index is 752. The van der Waals surface area contributed by atoms with Gasteiger partial charge in [-0.05, 0) is 44.7 Å². The molecule has 3 atom stereocenters. The van der Waals surface area contributed by atoms with Gasteiger partial charge in [-0.15, -0.1) is 5.10 Å². The smallest absolute Gasteiger partial charge is 0.0923 e. The zero-order valence-electron chi connectivity index (χ0n) is 17.3. The van der Waals surface area contributed by atoms with Gasteiger partial charge in [-0.1, -0.05) is 61.2 Å². The highest BCUT2D eigenvalue weighted by Crippen LogP contribution is 2.40. The van der Waals surface area contributed by atoms with Crippen molar-refractivity contribution in [1.29, 1.82) is 0 Å². The van der Waals surface area contributed by atoms with Crippen molar-refractivity contribution in [3.8, 4) is 0 Å². The molecule has 2 fully saturated rings. The van der Waals surface area contributed by atoms with Gasteiger partial charge >= 0.3 is 0 Å². The number of aliphatic hydroxyl groups excluding tert-OH is 1. The molecule has 5 nitrogen and oxygen atoms in total. The predicted octanol–water partition coefficient (Wildman–Crippen LogP) is 4.39. The summed E-state index contributed by atoms with van der Waals surface area (Å²) in [5, 5.41) is 19.7. The third-order valence-electron chi connectivity index (χ3n) is 6.40. The van der Waals surface area contributed by atoms with Gasteiger partial charge in [0.25, 0.3) is 0 Å². The molecule has 5 heteroatoms. The van der Waals surface area contributed by atoms with Gasteiger partial charge in [-0.2, -0.15) is 0 Å². The van der Waals surface area contributed by atoms with E-state index in [-0.39, 0.29) is 12.1 Å². The van der Waals surface area contributed by atoms with E-state index in [2.05, 4.69) is 59.5 Å². The van der Waals surface area contributed by atoms with Crippen molar-refractivity contribution in [3.05, 3.63) is 47.3 Å². The van der Waals surface area contributed by atoms with Crippen LogP contribution >= 0.6 is 0 Å². The molecule has 1 saturated heterocycles. The molecule has 2 aromatic rings. The summed E-state index contributed by atoms with van der Waals surface area (Å²) in [4.78, 5) is 2.57. The first-order valence-electron chi connectivity index (χ1n) is 11.1. The number of hydrogen-bond acceptors (Lipinski definition) is 4. The molecular weight excluding hydrogens is 348 g/mol. The van der Waals surface area contributed by atoms with Crippen LogP contribution in [0, 0.1) is 6.92 Å². The number of piperidine rings is 1. The predicted molar refractivity (Wildman–Crippen MR) is 111 cm³/mol. The molecule has 1 aromatic carbocycles. The summed E-state index contributed by atoms with van der Waals surface area (Å²) >= 11 is 0. The van der Waals surface area contributed by atoms with Crippen LogP contribution in [0.3, 0.4) is 0 Å². The number of likely N-dealkylation sites (tertiary alicyclic amines) is 1. The van der Waals surface area contributed by atoms with Crippen LogP contribution < -0.4 is 0 Å². The van der Waals surface area contributed by atoms with Crippen molar-refractivity contribution in [3.63, 3.8) is 0 Å². The zero-order valence-corrected chi connectivity index (χ0v) is 17.3. The first-order valence-corrected chi connectivity index (χ1v) is 11.1. The lowest BCUT2D eigenvalue weighted by molar-refractivity contribution is -0.00776. The highest BCUT2D eigenvalue weighted by Gasteiger charge is 2.37. The molecule has 28 heavy (non-hydrogen) atoms. The van der Waals surface area contributed by atoms with Crippen LogP contribution in [0.4, 0.5) is 0 Å². The van der Waals surface area contributed by atoms with Crippen molar-refractivity contribution in [1.82, 2.24) is 19.9 Å². The SMILES string of the molecule is CCCCCCN1C[C@H](n2cc(C3CC3)nn2)[C@@H](O)C[C@H]1c1ccc(C)cc1. The summed E-state index contributed by atoms with van der Waals surface area (Å²) in [5.74, 6) is 0.597. The van der Waals surface area contributed by atoms with Crippen LogP contribution in [0.15, 0.2) is 30.5 Å². The van der Waals surface area contributed by atoms with E-state index >= 15 is 0 Å². The van der Waals surface area contributed by atoms with E-state index in [1.807, 2.05) is 4.68 Å².